The van der Waals surface area contributed by atoms with E-state index in [4.69, 9.17) is 15.7 Å². The van der Waals surface area contributed by atoms with Crippen LogP contribution in [-0.4, -0.2) is 90.8 Å². The first-order valence-electron chi connectivity index (χ1n) is 24.1. The van der Waals surface area contributed by atoms with E-state index < -0.39 is 0 Å². The van der Waals surface area contributed by atoms with Crippen molar-refractivity contribution < 1.29 is 0 Å². The Morgan fingerprint density at radius 3 is 2.28 bits per heavy atom. The zero-order valence-electron chi connectivity index (χ0n) is 37.1. The number of aryl methyl sites for hydroxylation is 1. The van der Waals surface area contributed by atoms with Crippen molar-refractivity contribution in [2.45, 2.75) is 121 Å². The normalized spacial score (nSPS) is 25.2. The zero-order valence-corrected chi connectivity index (χ0v) is 37.1. The Hall–Kier alpha value is -3.70. The first-order valence-corrected chi connectivity index (χ1v) is 24.1. The molecule has 5 atom stereocenters. The molecule has 1 saturated carbocycles. The number of nitrogens with one attached hydrogen (secondary N) is 3. The lowest BCUT2D eigenvalue weighted by Gasteiger charge is -2.44. The third kappa shape index (κ3) is 9.20. The van der Waals surface area contributed by atoms with Crippen molar-refractivity contribution in [3.05, 3.63) is 123 Å². The maximum Gasteiger partial charge on any atom is 0.0613 e. The summed E-state index contributed by atoms with van der Waals surface area (Å²) < 4.78 is 0. The molecule has 9 heteroatoms. The van der Waals surface area contributed by atoms with Gasteiger partial charge in [0.15, 0.2) is 0 Å². The summed E-state index contributed by atoms with van der Waals surface area (Å²) in [6.07, 6.45) is 15.9. The lowest BCUT2D eigenvalue weighted by molar-refractivity contribution is 0.0957. The number of nitrogens with two attached hydrogens (primary N) is 1. The van der Waals surface area contributed by atoms with Gasteiger partial charge in [-0.25, -0.2) is 0 Å². The number of piperazine rings is 1. The third-order valence-electron chi connectivity index (χ3n) is 15.3. The molecule has 0 bridgehead atoms. The van der Waals surface area contributed by atoms with E-state index in [0.29, 0.717) is 30.6 Å². The van der Waals surface area contributed by atoms with Gasteiger partial charge in [0.1, 0.15) is 0 Å². The SMILES string of the molecule is CC(C)(CCN)CN(C[C@H]1Cc2ccccc2CN1)[C@H]1CCC(c2cc3c(c(N4CCNCC4)c2)C[C@H](CN(CC2CC2)[C@H]2CCCc4cccnc42)NC3)c2cccnc21. The average Bonchev–Trinajstić information content (AvgIpc) is 4.12. The van der Waals surface area contributed by atoms with Crippen molar-refractivity contribution in [1.29, 1.82) is 0 Å². The highest BCUT2D eigenvalue weighted by molar-refractivity contribution is 5.62. The molecule has 0 amide bonds. The number of aromatic nitrogens is 2. The van der Waals surface area contributed by atoms with Crippen LogP contribution in [0.4, 0.5) is 5.69 Å². The zero-order chi connectivity index (χ0) is 41.3. The van der Waals surface area contributed by atoms with E-state index in [2.05, 4.69) is 105 Å². The highest BCUT2D eigenvalue weighted by Crippen LogP contribution is 2.46. The Bertz CT molecular complexity index is 2120. The van der Waals surface area contributed by atoms with Gasteiger partial charge >= 0.3 is 0 Å². The second-order valence-corrected chi connectivity index (χ2v) is 20.4. The summed E-state index contributed by atoms with van der Waals surface area (Å²) >= 11 is 0. The quantitative estimate of drug-likeness (QED) is 0.107. The van der Waals surface area contributed by atoms with Gasteiger partial charge in [-0.2, -0.15) is 0 Å². The van der Waals surface area contributed by atoms with E-state index in [1.165, 1.54) is 89.1 Å². The van der Waals surface area contributed by atoms with Crippen LogP contribution >= 0.6 is 0 Å². The summed E-state index contributed by atoms with van der Waals surface area (Å²) in [4.78, 5) is 18.6. The molecule has 1 saturated heterocycles. The summed E-state index contributed by atoms with van der Waals surface area (Å²) in [6, 6.07) is 24.8. The van der Waals surface area contributed by atoms with Crippen LogP contribution in [0.3, 0.4) is 0 Å². The maximum atomic E-state index is 6.22. The lowest BCUT2D eigenvalue weighted by Crippen LogP contribution is -2.49. The molecule has 0 radical (unpaired) electrons. The summed E-state index contributed by atoms with van der Waals surface area (Å²) in [5, 5.41) is 11.7. The minimum atomic E-state index is 0.112. The van der Waals surface area contributed by atoms with Crippen LogP contribution in [0.2, 0.25) is 0 Å². The van der Waals surface area contributed by atoms with Crippen LogP contribution in [0, 0.1) is 11.3 Å². The Kier molecular flexibility index (Phi) is 12.3. The molecule has 2 fully saturated rings. The molecule has 61 heavy (non-hydrogen) atoms. The molecule has 9 nitrogen and oxygen atoms in total. The van der Waals surface area contributed by atoms with Gasteiger partial charge in [0.05, 0.1) is 23.5 Å². The fourth-order valence-electron chi connectivity index (χ4n) is 12.0. The lowest BCUT2D eigenvalue weighted by atomic mass is 9.76. The van der Waals surface area contributed by atoms with Crippen LogP contribution in [-0.2, 0) is 32.4 Å². The van der Waals surface area contributed by atoms with E-state index in [1.54, 1.807) is 5.56 Å². The van der Waals surface area contributed by atoms with E-state index in [1.807, 2.05) is 12.4 Å². The number of rotatable bonds is 14. The first-order chi connectivity index (χ1) is 29.9. The Morgan fingerprint density at radius 1 is 0.738 bits per heavy atom. The average molecular weight is 822 g/mol. The topological polar surface area (TPSA) is 97.6 Å². The first kappa shape index (κ1) is 41.3. The van der Waals surface area contributed by atoms with Crippen molar-refractivity contribution in [3.8, 4) is 0 Å². The highest BCUT2D eigenvalue weighted by Gasteiger charge is 2.39. The highest BCUT2D eigenvalue weighted by atomic mass is 15.2. The maximum absolute atomic E-state index is 6.22. The van der Waals surface area contributed by atoms with Gasteiger partial charge in [-0.15, -0.1) is 0 Å². The molecule has 3 aliphatic carbocycles. The van der Waals surface area contributed by atoms with Crippen molar-refractivity contribution in [3.63, 3.8) is 0 Å². The molecule has 5 heterocycles. The number of pyridine rings is 2. The molecule has 3 aliphatic heterocycles. The van der Waals surface area contributed by atoms with E-state index >= 15 is 0 Å². The van der Waals surface area contributed by atoms with Gasteiger partial charge < -0.3 is 26.6 Å². The van der Waals surface area contributed by atoms with Crippen LogP contribution in [0.15, 0.2) is 73.1 Å². The molecule has 6 aliphatic rings. The molecule has 324 valence electrons. The van der Waals surface area contributed by atoms with Crippen molar-refractivity contribution in [2.24, 2.45) is 17.1 Å². The van der Waals surface area contributed by atoms with Gasteiger partial charge in [0.2, 0.25) is 0 Å². The Balaban J connectivity index is 0.934. The van der Waals surface area contributed by atoms with Crippen LogP contribution in [0.25, 0.3) is 0 Å². The van der Waals surface area contributed by atoms with Gasteiger partial charge in [-0.1, -0.05) is 56.3 Å². The fraction of sp³-hybridized carbons (Fsp3) is 0.577. The molecule has 2 aromatic carbocycles. The largest absolute Gasteiger partial charge is 0.369 e. The Labute approximate surface area is 365 Å². The van der Waals surface area contributed by atoms with Crippen LogP contribution < -0.4 is 26.6 Å². The van der Waals surface area contributed by atoms with E-state index in [9.17, 15) is 0 Å². The second kappa shape index (κ2) is 18.2. The molecule has 10 rings (SSSR count). The standard InChI is InChI=1S/C52H71N9/c1-52(2,18-19-53)35-61(34-42-27-38-8-3-4-9-39(38)30-57-42)48-17-16-44(45-12-7-21-56-51(45)48)40-26-41-31-58-43(29-46(41)49(28-40)59-24-22-54-23-25-59)33-60(32-36-14-15-36)47-13-5-10-37-11-6-20-55-50(37)47/h3-4,6-9,11-12,20-21,26,28,36,42-44,47-48,54,57-58H,5,10,13-19,22-25,27,29-35,53H2,1-2H3/t42-,43-,44?,47+,48+/m1/s1. The van der Waals surface area contributed by atoms with Gasteiger partial charge in [0, 0.05) is 102 Å². The summed E-state index contributed by atoms with van der Waals surface area (Å²) in [5.41, 5.74) is 20.8. The van der Waals surface area contributed by atoms with E-state index in [-0.39, 0.29) is 11.5 Å². The number of hydrogen-bond donors (Lipinski definition) is 4. The monoisotopic (exact) mass is 822 g/mol. The van der Waals surface area contributed by atoms with Gasteiger partial charge in [-0.3, -0.25) is 19.8 Å². The van der Waals surface area contributed by atoms with Crippen molar-refractivity contribution in [2.75, 3.05) is 63.8 Å². The molecule has 0 spiro atoms. The summed E-state index contributed by atoms with van der Waals surface area (Å²) in [7, 11) is 0. The predicted octanol–water partition coefficient (Wildman–Crippen LogP) is 7.05. The fourth-order valence-corrected chi connectivity index (χ4v) is 12.0. The smallest absolute Gasteiger partial charge is 0.0613 e. The molecular weight excluding hydrogens is 751 g/mol. The molecular formula is C52H71N9. The Morgan fingerprint density at radius 2 is 1.46 bits per heavy atom. The third-order valence-corrected chi connectivity index (χ3v) is 15.3. The van der Waals surface area contributed by atoms with E-state index in [0.717, 1.165) is 96.9 Å². The minimum absolute atomic E-state index is 0.112. The summed E-state index contributed by atoms with van der Waals surface area (Å²) in [5.74, 6) is 1.18. The number of fused-ring (bicyclic) bond motifs is 4. The number of nitrogens with zero attached hydrogens (tertiary/aromatic N) is 5. The number of anilines is 1. The number of benzene rings is 2. The molecule has 4 aromatic rings. The van der Waals surface area contributed by atoms with Crippen LogP contribution in [0.1, 0.15) is 127 Å². The summed E-state index contributed by atoms with van der Waals surface area (Å²) in [6.45, 7) is 15.9. The van der Waals surface area contributed by atoms with Crippen molar-refractivity contribution >= 4 is 5.69 Å². The van der Waals surface area contributed by atoms with Gasteiger partial charge in [0.25, 0.3) is 0 Å². The predicted molar refractivity (Wildman–Crippen MR) is 248 cm³/mol. The van der Waals surface area contributed by atoms with Crippen molar-refractivity contribution in [1.82, 2.24) is 35.7 Å². The minimum Gasteiger partial charge on any atom is -0.369 e. The van der Waals surface area contributed by atoms with Crippen LogP contribution in [0.5, 0.6) is 0 Å². The number of hydrogen-bond acceptors (Lipinski definition) is 9. The second-order valence-electron chi connectivity index (χ2n) is 20.4. The molecule has 5 N–H and O–H groups in total. The molecule has 2 aromatic heterocycles. The molecule has 1 unspecified atom stereocenters. The van der Waals surface area contributed by atoms with Gasteiger partial charge in [-0.05, 0) is 139 Å².